The Labute approximate surface area is 110 Å². The summed E-state index contributed by atoms with van der Waals surface area (Å²) in [6.45, 7) is 0. The molecule has 6 nitrogen and oxygen atoms in total. The van der Waals surface area contributed by atoms with Gasteiger partial charge in [0, 0.05) is 18.2 Å². The molecule has 1 aliphatic carbocycles. The third kappa shape index (κ3) is 2.52. The summed E-state index contributed by atoms with van der Waals surface area (Å²) in [5.74, 6) is 0.711. The molecule has 1 aromatic carbocycles. The molecule has 1 heterocycles. The summed E-state index contributed by atoms with van der Waals surface area (Å²) in [5.41, 5.74) is 1.54. The predicted molar refractivity (Wildman–Crippen MR) is 73.2 cm³/mol. The zero-order valence-electron chi connectivity index (χ0n) is 10.6. The number of imidazole rings is 1. The second kappa shape index (κ2) is 4.87. The molecule has 0 radical (unpaired) electrons. The quantitative estimate of drug-likeness (QED) is 0.655. The third-order valence-corrected chi connectivity index (χ3v) is 3.62. The van der Waals surface area contributed by atoms with E-state index in [2.05, 4.69) is 15.3 Å². The van der Waals surface area contributed by atoms with Crippen LogP contribution >= 0.6 is 0 Å². The number of aromatic amines is 1. The van der Waals surface area contributed by atoms with Gasteiger partial charge in [0.15, 0.2) is 0 Å². The van der Waals surface area contributed by atoms with E-state index < -0.39 is 4.92 Å². The number of fused-ring (bicyclic) bond motifs is 1. The first kappa shape index (κ1) is 12.0. The van der Waals surface area contributed by atoms with E-state index in [1.807, 2.05) is 0 Å². The molecule has 2 N–H and O–H groups in total. The zero-order valence-corrected chi connectivity index (χ0v) is 10.6. The number of H-pyrrole nitrogens is 1. The van der Waals surface area contributed by atoms with Crippen LogP contribution in [0.1, 0.15) is 32.1 Å². The van der Waals surface area contributed by atoms with Crippen LogP contribution in [0.5, 0.6) is 0 Å². The molecule has 19 heavy (non-hydrogen) atoms. The largest absolute Gasteiger partial charge is 0.353 e. The topological polar surface area (TPSA) is 83.8 Å². The number of nitrogens with one attached hydrogen (secondary N) is 2. The Morgan fingerprint density at radius 3 is 2.84 bits per heavy atom. The number of rotatable bonds is 3. The van der Waals surface area contributed by atoms with Crippen molar-refractivity contribution in [1.29, 1.82) is 0 Å². The van der Waals surface area contributed by atoms with Gasteiger partial charge < -0.3 is 10.3 Å². The van der Waals surface area contributed by atoms with Crippen LogP contribution in [0, 0.1) is 10.1 Å². The number of hydrogen-bond donors (Lipinski definition) is 2. The molecule has 1 saturated carbocycles. The highest BCUT2D eigenvalue weighted by Crippen LogP contribution is 2.23. The molecule has 1 aliphatic rings. The molecular formula is C13H16N4O2. The molecule has 0 spiro atoms. The maximum Gasteiger partial charge on any atom is 0.271 e. The summed E-state index contributed by atoms with van der Waals surface area (Å²) in [4.78, 5) is 17.9. The highest BCUT2D eigenvalue weighted by Gasteiger charge is 2.15. The number of anilines is 1. The minimum Gasteiger partial charge on any atom is -0.353 e. The molecule has 0 saturated heterocycles. The van der Waals surface area contributed by atoms with Gasteiger partial charge in [0.1, 0.15) is 0 Å². The van der Waals surface area contributed by atoms with Crippen molar-refractivity contribution in [3.05, 3.63) is 28.3 Å². The van der Waals surface area contributed by atoms with Crippen molar-refractivity contribution in [2.75, 3.05) is 5.32 Å². The van der Waals surface area contributed by atoms with Crippen molar-refractivity contribution in [3.8, 4) is 0 Å². The highest BCUT2D eigenvalue weighted by molar-refractivity contribution is 5.79. The van der Waals surface area contributed by atoms with E-state index in [0.717, 1.165) is 18.4 Å². The van der Waals surface area contributed by atoms with Gasteiger partial charge in [-0.3, -0.25) is 10.1 Å². The second-order valence-corrected chi connectivity index (χ2v) is 5.02. The lowest BCUT2D eigenvalue weighted by Crippen LogP contribution is -2.22. The molecule has 0 unspecified atom stereocenters. The Kier molecular flexibility index (Phi) is 3.06. The standard InChI is InChI=1S/C13H16N4O2/c18-17(19)10-6-7-11-12(8-10)16-13(15-11)14-9-4-2-1-3-5-9/h6-9H,1-5H2,(H2,14,15,16). The first-order valence-corrected chi connectivity index (χ1v) is 6.63. The van der Waals surface area contributed by atoms with Crippen LogP contribution in [0.25, 0.3) is 11.0 Å². The number of nitrogens with zero attached hydrogens (tertiary/aromatic N) is 2. The molecule has 0 aliphatic heterocycles. The normalized spacial score (nSPS) is 16.6. The summed E-state index contributed by atoms with van der Waals surface area (Å²) in [6.07, 6.45) is 6.14. The Hall–Kier alpha value is -2.11. The zero-order chi connectivity index (χ0) is 13.2. The van der Waals surface area contributed by atoms with E-state index in [4.69, 9.17) is 0 Å². The molecule has 2 aromatic rings. The van der Waals surface area contributed by atoms with Crippen LogP contribution in [0.2, 0.25) is 0 Å². The summed E-state index contributed by atoms with van der Waals surface area (Å²) in [7, 11) is 0. The summed E-state index contributed by atoms with van der Waals surface area (Å²) >= 11 is 0. The fraction of sp³-hybridized carbons (Fsp3) is 0.462. The van der Waals surface area contributed by atoms with Gasteiger partial charge in [-0.25, -0.2) is 4.98 Å². The lowest BCUT2D eigenvalue weighted by molar-refractivity contribution is -0.384. The Morgan fingerprint density at radius 1 is 1.32 bits per heavy atom. The lowest BCUT2D eigenvalue weighted by atomic mass is 9.96. The average molecular weight is 260 g/mol. The number of hydrogen-bond acceptors (Lipinski definition) is 4. The fourth-order valence-electron chi connectivity index (χ4n) is 2.62. The molecule has 0 bridgehead atoms. The van der Waals surface area contributed by atoms with Crippen molar-refractivity contribution in [3.63, 3.8) is 0 Å². The molecule has 1 fully saturated rings. The number of nitro benzene ring substituents is 1. The van der Waals surface area contributed by atoms with Gasteiger partial charge in [-0.2, -0.15) is 0 Å². The number of benzene rings is 1. The third-order valence-electron chi connectivity index (χ3n) is 3.62. The van der Waals surface area contributed by atoms with Crippen molar-refractivity contribution in [2.24, 2.45) is 0 Å². The first-order chi connectivity index (χ1) is 9.22. The van der Waals surface area contributed by atoms with Crippen molar-refractivity contribution in [1.82, 2.24) is 9.97 Å². The SMILES string of the molecule is O=[N+]([O-])c1ccc2nc(NC3CCCCC3)[nH]c2c1. The fourth-order valence-corrected chi connectivity index (χ4v) is 2.62. The number of nitro groups is 1. The van der Waals surface area contributed by atoms with Crippen LogP contribution in [-0.2, 0) is 0 Å². The number of non-ortho nitro benzene ring substituents is 1. The lowest BCUT2D eigenvalue weighted by Gasteiger charge is -2.22. The predicted octanol–water partition coefficient (Wildman–Crippen LogP) is 3.22. The van der Waals surface area contributed by atoms with Gasteiger partial charge in [-0.1, -0.05) is 19.3 Å². The van der Waals surface area contributed by atoms with Gasteiger partial charge in [0.2, 0.25) is 5.95 Å². The van der Waals surface area contributed by atoms with Crippen molar-refractivity contribution < 1.29 is 4.92 Å². The van der Waals surface area contributed by atoms with Crippen LogP contribution in [-0.4, -0.2) is 20.9 Å². The second-order valence-electron chi connectivity index (χ2n) is 5.02. The molecule has 1 aromatic heterocycles. The minimum atomic E-state index is -0.394. The maximum absolute atomic E-state index is 10.7. The van der Waals surface area contributed by atoms with Gasteiger partial charge in [-0.15, -0.1) is 0 Å². The first-order valence-electron chi connectivity index (χ1n) is 6.63. The molecular weight excluding hydrogens is 244 g/mol. The molecule has 100 valence electrons. The van der Waals surface area contributed by atoms with Gasteiger partial charge in [0.25, 0.3) is 5.69 Å². The Bertz CT molecular complexity index is 602. The van der Waals surface area contributed by atoms with E-state index in [9.17, 15) is 10.1 Å². The van der Waals surface area contributed by atoms with Crippen LogP contribution < -0.4 is 5.32 Å². The summed E-state index contributed by atoms with van der Waals surface area (Å²) in [6, 6.07) is 5.14. The Morgan fingerprint density at radius 2 is 2.11 bits per heavy atom. The van der Waals surface area contributed by atoms with Gasteiger partial charge in [0.05, 0.1) is 16.0 Å². The van der Waals surface area contributed by atoms with E-state index in [1.54, 1.807) is 6.07 Å². The monoisotopic (exact) mass is 260 g/mol. The summed E-state index contributed by atoms with van der Waals surface area (Å²) < 4.78 is 0. The average Bonchev–Trinajstić information content (AvgIpc) is 2.80. The number of aromatic nitrogens is 2. The van der Waals surface area contributed by atoms with E-state index >= 15 is 0 Å². The van der Waals surface area contributed by atoms with E-state index in [1.165, 1.54) is 31.4 Å². The molecule has 3 rings (SSSR count). The van der Waals surface area contributed by atoms with E-state index in [0.29, 0.717) is 17.5 Å². The van der Waals surface area contributed by atoms with Crippen LogP contribution in [0.3, 0.4) is 0 Å². The minimum absolute atomic E-state index is 0.0837. The summed E-state index contributed by atoms with van der Waals surface area (Å²) in [5, 5.41) is 14.1. The van der Waals surface area contributed by atoms with Crippen molar-refractivity contribution >= 4 is 22.7 Å². The van der Waals surface area contributed by atoms with Crippen molar-refractivity contribution in [2.45, 2.75) is 38.1 Å². The van der Waals surface area contributed by atoms with Gasteiger partial charge in [-0.05, 0) is 18.9 Å². The highest BCUT2D eigenvalue weighted by atomic mass is 16.6. The van der Waals surface area contributed by atoms with Crippen LogP contribution in [0.15, 0.2) is 18.2 Å². The van der Waals surface area contributed by atoms with Crippen LogP contribution in [0.4, 0.5) is 11.6 Å². The Balaban J connectivity index is 1.82. The van der Waals surface area contributed by atoms with E-state index in [-0.39, 0.29) is 5.69 Å². The van der Waals surface area contributed by atoms with Gasteiger partial charge >= 0.3 is 0 Å². The molecule has 6 heteroatoms. The maximum atomic E-state index is 10.7. The smallest absolute Gasteiger partial charge is 0.271 e. The molecule has 0 amide bonds. The molecule has 0 atom stereocenters.